The zero-order valence-electron chi connectivity index (χ0n) is 12.9. The monoisotopic (exact) mass is 246 g/mol. The molecule has 0 radical (unpaired) electrons. The van der Waals surface area contributed by atoms with Gasteiger partial charge in [0.2, 0.25) is 0 Å². The molecule has 0 N–H and O–H groups in total. The second-order valence-electron chi connectivity index (χ2n) is 6.16. The number of aryl methyl sites for hydroxylation is 1. The first kappa shape index (κ1) is 13.5. The summed E-state index contributed by atoms with van der Waals surface area (Å²) in [6.45, 7) is 13.3. The Balaban J connectivity index is 2.53. The van der Waals surface area contributed by atoms with Gasteiger partial charge in [-0.15, -0.1) is 0 Å². The molecule has 1 saturated carbocycles. The van der Waals surface area contributed by atoms with E-state index in [9.17, 15) is 0 Å². The van der Waals surface area contributed by atoms with E-state index in [0.29, 0.717) is 6.04 Å². The van der Waals surface area contributed by atoms with Gasteiger partial charge in [0.25, 0.3) is 0 Å². The summed E-state index contributed by atoms with van der Waals surface area (Å²) in [4.78, 5) is 7.43. The Morgan fingerprint density at radius 1 is 1.00 bits per heavy atom. The quantitative estimate of drug-likeness (QED) is 0.809. The number of aromatic nitrogens is 1. The van der Waals surface area contributed by atoms with E-state index < -0.39 is 0 Å². The van der Waals surface area contributed by atoms with Crippen molar-refractivity contribution in [2.75, 3.05) is 7.05 Å². The van der Waals surface area contributed by atoms with Gasteiger partial charge in [0.05, 0.1) is 11.2 Å². The molecule has 0 amide bonds. The molecule has 1 aliphatic rings. The van der Waals surface area contributed by atoms with Crippen LogP contribution in [-0.2, 0) is 5.54 Å². The third-order valence-electron chi connectivity index (χ3n) is 4.92. The summed E-state index contributed by atoms with van der Waals surface area (Å²) in [6, 6.07) is 0.565. The van der Waals surface area contributed by atoms with E-state index in [4.69, 9.17) is 4.98 Å². The molecular formula is C16H26N2. The van der Waals surface area contributed by atoms with Crippen LogP contribution in [0.15, 0.2) is 0 Å². The summed E-state index contributed by atoms with van der Waals surface area (Å²) >= 11 is 0. The van der Waals surface area contributed by atoms with Crippen LogP contribution < -0.4 is 0 Å². The van der Waals surface area contributed by atoms with Crippen LogP contribution >= 0.6 is 0 Å². The predicted molar refractivity (Wildman–Crippen MR) is 77.0 cm³/mol. The Hall–Kier alpha value is -0.890. The lowest BCUT2D eigenvalue weighted by Gasteiger charge is -2.33. The van der Waals surface area contributed by atoms with E-state index in [2.05, 4.69) is 53.5 Å². The maximum Gasteiger partial charge on any atom is 0.0641 e. The standard InChI is InChI=1S/C16H26N2/c1-10(2)18(7)16(8-9-16)15-13(5)11(3)12(4)14(6)17-15/h10H,8-9H2,1-7H3. The minimum Gasteiger partial charge on any atom is -0.293 e. The van der Waals surface area contributed by atoms with Gasteiger partial charge < -0.3 is 0 Å². The maximum absolute atomic E-state index is 4.93. The highest BCUT2D eigenvalue weighted by Crippen LogP contribution is 2.51. The molecule has 0 atom stereocenters. The summed E-state index contributed by atoms with van der Waals surface area (Å²) in [7, 11) is 2.24. The number of nitrogens with zero attached hydrogens (tertiary/aromatic N) is 2. The van der Waals surface area contributed by atoms with Crippen molar-refractivity contribution in [2.45, 2.75) is 66.0 Å². The number of hydrogen-bond acceptors (Lipinski definition) is 2. The second kappa shape index (κ2) is 4.34. The number of pyridine rings is 1. The third kappa shape index (κ3) is 1.87. The summed E-state index contributed by atoms with van der Waals surface area (Å²) in [5.74, 6) is 0. The molecule has 0 aliphatic heterocycles. The molecule has 1 fully saturated rings. The zero-order chi connectivity index (χ0) is 13.7. The molecule has 100 valence electrons. The van der Waals surface area contributed by atoms with Crippen molar-refractivity contribution in [3.63, 3.8) is 0 Å². The van der Waals surface area contributed by atoms with Gasteiger partial charge >= 0.3 is 0 Å². The van der Waals surface area contributed by atoms with E-state index in [-0.39, 0.29) is 5.54 Å². The third-order valence-corrected chi connectivity index (χ3v) is 4.92. The van der Waals surface area contributed by atoms with Crippen molar-refractivity contribution >= 4 is 0 Å². The molecular weight excluding hydrogens is 220 g/mol. The molecule has 1 aromatic rings. The van der Waals surface area contributed by atoms with Crippen LogP contribution in [-0.4, -0.2) is 23.0 Å². The molecule has 1 heterocycles. The lowest BCUT2D eigenvalue weighted by atomic mass is 9.96. The highest BCUT2D eigenvalue weighted by molar-refractivity contribution is 5.42. The summed E-state index contributed by atoms with van der Waals surface area (Å²) in [5.41, 5.74) is 6.88. The van der Waals surface area contributed by atoms with Crippen LogP contribution in [0.5, 0.6) is 0 Å². The van der Waals surface area contributed by atoms with Crippen molar-refractivity contribution in [3.8, 4) is 0 Å². The van der Waals surface area contributed by atoms with Gasteiger partial charge in [-0.25, -0.2) is 0 Å². The molecule has 18 heavy (non-hydrogen) atoms. The van der Waals surface area contributed by atoms with Gasteiger partial charge in [0, 0.05) is 11.7 Å². The molecule has 0 unspecified atom stereocenters. The van der Waals surface area contributed by atoms with E-state index in [1.54, 1.807) is 0 Å². The van der Waals surface area contributed by atoms with Crippen LogP contribution in [0.1, 0.15) is 54.8 Å². The fourth-order valence-corrected chi connectivity index (χ4v) is 2.89. The molecule has 2 nitrogen and oxygen atoms in total. The molecule has 0 aromatic carbocycles. The van der Waals surface area contributed by atoms with Crippen LogP contribution in [0.3, 0.4) is 0 Å². The van der Waals surface area contributed by atoms with Gasteiger partial charge in [-0.2, -0.15) is 0 Å². The normalized spacial score (nSPS) is 17.6. The van der Waals surface area contributed by atoms with E-state index >= 15 is 0 Å². The van der Waals surface area contributed by atoms with Crippen LogP contribution in [0.2, 0.25) is 0 Å². The molecule has 0 spiro atoms. The van der Waals surface area contributed by atoms with Crippen molar-refractivity contribution in [2.24, 2.45) is 0 Å². The zero-order valence-corrected chi connectivity index (χ0v) is 12.9. The summed E-state index contributed by atoms with van der Waals surface area (Å²) in [5, 5.41) is 0. The molecule has 0 saturated heterocycles. The first-order valence-electron chi connectivity index (χ1n) is 6.99. The fraction of sp³-hybridized carbons (Fsp3) is 0.688. The Morgan fingerprint density at radius 3 is 2.00 bits per heavy atom. The van der Waals surface area contributed by atoms with Gasteiger partial charge in [-0.3, -0.25) is 9.88 Å². The highest BCUT2D eigenvalue weighted by atomic mass is 15.2. The lowest BCUT2D eigenvalue weighted by Crippen LogP contribution is -2.38. The topological polar surface area (TPSA) is 16.1 Å². The van der Waals surface area contributed by atoms with Gasteiger partial charge in [0.1, 0.15) is 0 Å². The van der Waals surface area contributed by atoms with Crippen LogP contribution in [0, 0.1) is 27.7 Å². The molecule has 1 aromatic heterocycles. The minimum atomic E-state index is 0.210. The van der Waals surface area contributed by atoms with Gasteiger partial charge in [-0.05, 0) is 78.1 Å². The maximum atomic E-state index is 4.93. The Kier molecular flexibility index (Phi) is 3.26. The van der Waals surface area contributed by atoms with E-state index in [1.165, 1.54) is 40.9 Å². The average molecular weight is 246 g/mol. The average Bonchev–Trinajstić information content (AvgIpc) is 3.11. The molecule has 2 heteroatoms. The Bertz CT molecular complexity index is 470. The van der Waals surface area contributed by atoms with Crippen molar-refractivity contribution in [1.82, 2.24) is 9.88 Å². The Labute approximate surface area is 111 Å². The predicted octanol–water partition coefficient (Wildman–Crippen LogP) is 3.64. The second-order valence-corrected chi connectivity index (χ2v) is 6.16. The van der Waals surface area contributed by atoms with Crippen molar-refractivity contribution in [3.05, 3.63) is 28.1 Å². The fourth-order valence-electron chi connectivity index (χ4n) is 2.89. The molecule has 0 bridgehead atoms. The van der Waals surface area contributed by atoms with Crippen LogP contribution in [0.4, 0.5) is 0 Å². The van der Waals surface area contributed by atoms with E-state index in [1.807, 2.05) is 0 Å². The largest absolute Gasteiger partial charge is 0.293 e. The van der Waals surface area contributed by atoms with Crippen LogP contribution in [0.25, 0.3) is 0 Å². The molecule has 1 aliphatic carbocycles. The van der Waals surface area contributed by atoms with Crippen molar-refractivity contribution in [1.29, 1.82) is 0 Å². The highest BCUT2D eigenvalue weighted by Gasteiger charge is 2.51. The molecule has 2 rings (SSSR count). The number of rotatable bonds is 3. The summed E-state index contributed by atoms with van der Waals surface area (Å²) < 4.78 is 0. The first-order valence-corrected chi connectivity index (χ1v) is 6.99. The minimum absolute atomic E-state index is 0.210. The van der Waals surface area contributed by atoms with Crippen molar-refractivity contribution < 1.29 is 0 Å². The lowest BCUT2D eigenvalue weighted by molar-refractivity contribution is 0.171. The van der Waals surface area contributed by atoms with Gasteiger partial charge in [-0.1, -0.05) is 0 Å². The number of hydrogen-bond donors (Lipinski definition) is 0. The SMILES string of the molecule is Cc1nc(C2(N(C)C(C)C)CC2)c(C)c(C)c1C. The van der Waals surface area contributed by atoms with E-state index in [0.717, 1.165) is 0 Å². The smallest absolute Gasteiger partial charge is 0.0641 e. The Morgan fingerprint density at radius 2 is 1.56 bits per heavy atom. The summed E-state index contributed by atoms with van der Waals surface area (Å²) in [6.07, 6.45) is 2.49. The first-order chi connectivity index (χ1) is 8.31. The van der Waals surface area contributed by atoms with Gasteiger partial charge in [0.15, 0.2) is 0 Å².